The molecule has 0 N–H and O–H groups in total. The summed E-state index contributed by atoms with van der Waals surface area (Å²) in [6.45, 7) is 18.1. The van der Waals surface area contributed by atoms with Crippen molar-refractivity contribution in [2.75, 3.05) is 13.4 Å². The molecule has 0 aromatic rings. The summed E-state index contributed by atoms with van der Waals surface area (Å²) in [5.74, 6) is -1.96. The smallest absolute Gasteiger partial charge is 0.326 e. The first-order valence-electron chi connectivity index (χ1n) is 16.1. The van der Waals surface area contributed by atoms with E-state index in [1.807, 2.05) is 6.08 Å². The maximum Gasteiger partial charge on any atom is 0.326 e. The van der Waals surface area contributed by atoms with Crippen molar-refractivity contribution in [2.24, 2.45) is 44.3 Å². The minimum absolute atomic E-state index is 0.0244. The molecule has 0 bridgehead atoms. The van der Waals surface area contributed by atoms with Crippen LogP contribution in [-0.4, -0.2) is 49.2 Å². The molecule has 246 valence electrons. The highest BCUT2D eigenvalue weighted by atomic mass is 16.7. The number of carbonyl (C=O) groups is 5. The van der Waals surface area contributed by atoms with Gasteiger partial charge in [-0.1, -0.05) is 40.7 Å². The Morgan fingerprint density at radius 3 is 2.09 bits per heavy atom. The van der Waals surface area contributed by atoms with E-state index >= 15 is 0 Å². The first-order valence-corrected chi connectivity index (χ1v) is 16.1. The summed E-state index contributed by atoms with van der Waals surface area (Å²) in [4.78, 5) is 64.2. The fraction of sp³-hybridized carbons (Fsp3) is 0.800. The molecule has 0 spiro atoms. The molecule has 4 aliphatic rings. The van der Waals surface area contributed by atoms with Gasteiger partial charge in [-0.15, -0.1) is 0 Å². The Kier molecular flexibility index (Phi) is 8.75. The molecule has 0 saturated heterocycles. The van der Waals surface area contributed by atoms with Crippen LogP contribution in [0.2, 0.25) is 0 Å². The summed E-state index contributed by atoms with van der Waals surface area (Å²) in [5, 5.41) is 0. The van der Waals surface area contributed by atoms with Gasteiger partial charge in [0.25, 0.3) is 0 Å². The Labute approximate surface area is 262 Å². The highest BCUT2D eigenvalue weighted by Gasteiger charge is 2.69. The number of rotatable bonds is 6. The number of esters is 4. The lowest BCUT2D eigenvalue weighted by Gasteiger charge is -2.69. The van der Waals surface area contributed by atoms with Crippen LogP contribution in [-0.2, 0) is 42.9 Å². The van der Waals surface area contributed by atoms with Gasteiger partial charge in [0.15, 0.2) is 11.2 Å². The minimum atomic E-state index is -1.71. The quantitative estimate of drug-likeness (QED) is 0.150. The van der Waals surface area contributed by atoms with Gasteiger partial charge in [-0.3, -0.25) is 24.0 Å². The van der Waals surface area contributed by atoms with Crippen LogP contribution in [0.3, 0.4) is 0 Å². The van der Waals surface area contributed by atoms with Crippen molar-refractivity contribution in [3.05, 3.63) is 11.6 Å². The van der Waals surface area contributed by atoms with Crippen LogP contribution in [0.1, 0.15) is 114 Å². The van der Waals surface area contributed by atoms with Gasteiger partial charge in [-0.05, 0) is 94.0 Å². The molecule has 0 radical (unpaired) electrons. The maximum atomic E-state index is 14.5. The number of carbonyl (C=O) groups excluding carboxylic acids is 5. The van der Waals surface area contributed by atoms with E-state index in [4.69, 9.17) is 18.9 Å². The lowest BCUT2D eigenvalue weighted by atomic mass is 9.35. The van der Waals surface area contributed by atoms with E-state index in [1.165, 1.54) is 13.8 Å². The van der Waals surface area contributed by atoms with Crippen LogP contribution in [0.25, 0.3) is 0 Å². The third kappa shape index (κ3) is 5.30. The molecule has 44 heavy (non-hydrogen) atoms. The minimum Gasteiger partial charge on any atom is -0.464 e. The molecule has 3 unspecified atom stereocenters. The predicted molar refractivity (Wildman–Crippen MR) is 162 cm³/mol. The maximum absolute atomic E-state index is 14.5. The van der Waals surface area contributed by atoms with E-state index in [1.54, 1.807) is 20.8 Å². The normalized spacial score (nSPS) is 37.7. The second-order valence-corrected chi connectivity index (χ2v) is 16.1. The van der Waals surface area contributed by atoms with E-state index < -0.39 is 47.6 Å². The summed E-state index contributed by atoms with van der Waals surface area (Å²) in [7, 11) is 0. The molecule has 0 heterocycles. The molecule has 0 amide bonds. The molecule has 9 nitrogen and oxygen atoms in total. The summed E-state index contributed by atoms with van der Waals surface area (Å²) < 4.78 is 21.7. The Balaban J connectivity index is 1.66. The van der Waals surface area contributed by atoms with E-state index in [2.05, 4.69) is 34.6 Å². The Bertz CT molecular complexity index is 1260. The molecule has 3 fully saturated rings. The molecular weight excluding hydrogens is 564 g/mol. The van der Waals surface area contributed by atoms with Gasteiger partial charge < -0.3 is 18.9 Å². The number of Topliss-reactive ketones (excluding diaryl/α,β-unsaturated/α-hetero) is 1. The summed E-state index contributed by atoms with van der Waals surface area (Å²) in [6, 6.07) is 0. The molecule has 4 rings (SSSR count). The van der Waals surface area contributed by atoms with Crippen molar-refractivity contribution in [1.29, 1.82) is 0 Å². The SMILES string of the molecule is CC(=O)OC[C@@]1(C(=O)OCOC(=O)C(C)(C)C)CC[C@]2(C)C(=CCC3[C@@]4(C)CCC(OC(C)=O)C(C)(C)C4CC[C@]32C)C1=O. The molecule has 0 aromatic heterocycles. The van der Waals surface area contributed by atoms with Gasteiger partial charge in [-0.2, -0.15) is 0 Å². The van der Waals surface area contributed by atoms with Crippen LogP contribution >= 0.6 is 0 Å². The van der Waals surface area contributed by atoms with Crippen LogP contribution in [0, 0.1) is 44.3 Å². The number of ether oxygens (including phenoxy) is 4. The number of ketones is 1. The first kappa shape index (κ1) is 34.2. The summed E-state index contributed by atoms with van der Waals surface area (Å²) >= 11 is 0. The summed E-state index contributed by atoms with van der Waals surface area (Å²) in [6.07, 6.45) is 6.87. The highest BCUT2D eigenvalue weighted by Crippen LogP contribution is 2.73. The fourth-order valence-electron chi connectivity index (χ4n) is 9.60. The van der Waals surface area contributed by atoms with Crippen molar-refractivity contribution < 1.29 is 42.9 Å². The number of hydrogen-bond donors (Lipinski definition) is 0. The van der Waals surface area contributed by atoms with Crippen LogP contribution < -0.4 is 0 Å². The highest BCUT2D eigenvalue weighted by molar-refractivity contribution is 6.14. The van der Waals surface area contributed by atoms with Gasteiger partial charge in [0.1, 0.15) is 12.7 Å². The van der Waals surface area contributed by atoms with Crippen molar-refractivity contribution >= 4 is 29.7 Å². The van der Waals surface area contributed by atoms with Gasteiger partial charge in [0, 0.05) is 24.7 Å². The zero-order chi connectivity index (χ0) is 33.1. The molecule has 3 saturated carbocycles. The third-order valence-corrected chi connectivity index (χ3v) is 12.3. The lowest BCUT2D eigenvalue weighted by Crippen LogP contribution is -2.65. The van der Waals surface area contributed by atoms with Crippen LogP contribution in [0.15, 0.2) is 11.6 Å². The van der Waals surface area contributed by atoms with Gasteiger partial charge >= 0.3 is 23.9 Å². The second-order valence-electron chi connectivity index (χ2n) is 16.1. The van der Waals surface area contributed by atoms with Crippen molar-refractivity contribution in [2.45, 2.75) is 120 Å². The molecule has 0 aliphatic heterocycles. The van der Waals surface area contributed by atoms with Crippen LogP contribution in [0.5, 0.6) is 0 Å². The Morgan fingerprint density at radius 1 is 0.841 bits per heavy atom. The Hall–Kier alpha value is -2.71. The zero-order valence-electron chi connectivity index (χ0n) is 28.3. The average molecular weight is 617 g/mol. The Morgan fingerprint density at radius 2 is 1.50 bits per heavy atom. The molecule has 0 aromatic carbocycles. The number of hydrogen-bond acceptors (Lipinski definition) is 9. The zero-order valence-corrected chi connectivity index (χ0v) is 28.3. The third-order valence-electron chi connectivity index (χ3n) is 12.3. The van der Waals surface area contributed by atoms with Gasteiger partial charge in [-0.25, -0.2) is 0 Å². The molecule has 4 aliphatic carbocycles. The first-order chi connectivity index (χ1) is 20.2. The van der Waals surface area contributed by atoms with Crippen LogP contribution in [0.4, 0.5) is 0 Å². The van der Waals surface area contributed by atoms with Crippen molar-refractivity contribution in [3.63, 3.8) is 0 Å². The largest absolute Gasteiger partial charge is 0.464 e. The fourth-order valence-corrected chi connectivity index (χ4v) is 9.60. The predicted octanol–water partition coefficient (Wildman–Crippen LogP) is 6.12. The average Bonchev–Trinajstić information content (AvgIpc) is 2.90. The van der Waals surface area contributed by atoms with Gasteiger partial charge in [0.05, 0.1) is 5.41 Å². The van der Waals surface area contributed by atoms with Crippen molar-refractivity contribution in [1.82, 2.24) is 0 Å². The summed E-state index contributed by atoms with van der Waals surface area (Å²) in [5.41, 5.74) is -2.82. The van der Waals surface area contributed by atoms with Gasteiger partial charge in [0.2, 0.25) is 6.79 Å². The second kappa shape index (κ2) is 11.3. The monoisotopic (exact) mass is 616 g/mol. The molecule has 7 atom stereocenters. The topological polar surface area (TPSA) is 122 Å². The molecular formula is C35H52O9. The van der Waals surface area contributed by atoms with E-state index in [-0.39, 0.29) is 46.4 Å². The van der Waals surface area contributed by atoms with E-state index in [9.17, 15) is 24.0 Å². The number of fused-ring (bicyclic) bond motifs is 5. The lowest BCUT2D eigenvalue weighted by molar-refractivity contribution is -0.210. The van der Waals surface area contributed by atoms with E-state index in [0.717, 1.165) is 25.7 Å². The van der Waals surface area contributed by atoms with Crippen molar-refractivity contribution in [3.8, 4) is 0 Å². The standard InChI is InChI=1S/C35H52O9/c1-21(36)41-19-35(29(40)43-20-42-28(39)30(3,4)5)18-17-33(9)23(27(35)38)11-12-25-32(8)15-14-26(44-22(2)37)31(6,7)24(32)13-16-34(25,33)10/h11,24-26H,12-20H2,1-10H3/t24?,25?,26?,32-,33+,34+,35-/m0/s1. The number of allylic oxidation sites excluding steroid dienone is 2. The molecule has 9 heteroatoms. The van der Waals surface area contributed by atoms with E-state index in [0.29, 0.717) is 24.3 Å².